The number of benzene rings is 3. The SMILES string of the molecule is CCCCCOc1ccc(NC(=O)COc2ccc(C(C)(C)c3ccccc3)cc2)cc1. The van der Waals surface area contributed by atoms with Crippen molar-refractivity contribution in [1.82, 2.24) is 0 Å². The van der Waals surface area contributed by atoms with Crippen LogP contribution in [0.15, 0.2) is 78.9 Å². The van der Waals surface area contributed by atoms with Gasteiger partial charge in [0.25, 0.3) is 5.91 Å². The van der Waals surface area contributed by atoms with E-state index in [-0.39, 0.29) is 17.9 Å². The zero-order valence-electron chi connectivity index (χ0n) is 19.3. The van der Waals surface area contributed by atoms with E-state index >= 15 is 0 Å². The minimum Gasteiger partial charge on any atom is -0.494 e. The van der Waals surface area contributed by atoms with Gasteiger partial charge in [-0.15, -0.1) is 0 Å². The van der Waals surface area contributed by atoms with Gasteiger partial charge in [-0.05, 0) is 53.9 Å². The molecule has 1 N–H and O–H groups in total. The molecule has 4 heteroatoms. The second-order valence-electron chi connectivity index (χ2n) is 8.43. The molecule has 4 nitrogen and oxygen atoms in total. The van der Waals surface area contributed by atoms with Gasteiger partial charge in [-0.1, -0.05) is 76.1 Å². The summed E-state index contributed by atoms with van der Waals surface area (Å²) in [5.41, 5.74) is 3.06. The Balaban J connectivity index is 1.48. The van der Waals surface area contributed by atoms with Crippen molar-refractivity contribution in [3.8, 4) is 11.5 Å². The Labute approximate surface area is 191 Å². The van der Waals surface area contributed by atoms with Crippen molar-refractivity contribution >= 4 is 11.6 Å². The van der Waals surface area contributed by atoms with Crippen molar-refractivity contribution in [2.75, 3.05) is 18.5 Å². The van der Waals surface area contributed by atoms with Crippen molar-refractivity contribution in [2.45, 2.75) is 45.4 Å². The van der Waals surface area contributed by atoms with Gasteiger partial charge in [0, 0.05) is 11.1 Å². The summed E-state index contributed by atoms with van der Waals surface area (Å²) < 4.78 is 11.4. The largest absolute Gasteiger partial charge is 0.494 e. The predicted molar refractivity (Wildman–Crippen MR) is 131 cm³/mol. The highest BCUT2D eigenvalue weighted by Crippen LogP contribution is 2.32. The van der Waals surface area contributed by atoms with E-state index in [2.05, 4.69) is 62.5 Å². The average molecular weight is 432 g/mol. The predicted octanol–water partition coefficient (Wildman–Crippen LogP) is 6.60. The monoisotopic (exact) mass is 431 g/mol. The smallest absolute Gasteiger partial charge is 0.262 e. The second-order valence-corrected chi connectivity index (χ2v) is 8.43. The first-order valence-corrected chi connectivity index (χ1v) is 11.3. The lowest BCUT2D eigenvalue weighted by atomic mass is 9.78. The van der Waals surface area contributed by atoms with Crippen LogP contribution in [0, 0.1) is 0 Å². The molecule has 0 saturated heterocycles. The van der Waals surface area contributed by atoms with Crippen molar-refractivity contribution in [3.63, 3.8) is 0 Å². The zero-order valence-corrected chi connectivity index (χ0v) is 19.3. The van der Waals surface area contributed by atoms with E-state index in [1.54, 1.807) is 0 Å². The Morgan fingerprint density at radius 1 is 0.781 bits per heavy atom. The molecule has 3 aromatic rings. The van der Waals surface area contributed by atoms with Crippen molar-refractivity contribution in [2.24, 2.45) is 0 Å². The van der Waals surface area contributed by atoms with E-state index in [9.17, 15) is 4.79 Å². The topological polar surface area (TPSA) is 47.6 Å². The van der Waals surface area contributed by atoms with Gasteiger partial charge in [0.2, 0.25) is 0 Å². The number of rotatable bonds is 11. The highest BCUT2D eigenvalue weighted by atomic mass is 16.5. The summed E-state index contributed by atoms with van der Waals surface area (Å²) >= 11 is 0. The van der Waals surface area contributed by atoms with E-state index in [1.165, 1.54) is 24.0 Å². The minimum absolute atomic E-state index is 0.0449. The third-order valence-corrected chi connectivity index (χ3v) is 5.60. The van der Waals surface area contributed by atoms with Crippen LogP contribution >= 0.6 is 0 Å². The molecule has 0 bridgehead atoms. The number of amides is 1. The first-order chi connectivity index (χ1) is 15.5. The first-order valence-electron chi connectivity index (χ1n) is 11.3. The summed E-state index contributed by atoms with van der Waals surface area (Å²) in [5, 5.41) is 2.85. The molecule has 0 radical (unpaired) electrons. The summed E-state index contributed by atoms with van der Waals surface area (Å²) in [4.78, 5) is 12.3. The third-order valence-electron chi connectivity index (χ3n) is 5.60. The van der Waals surface area contributed by atoms with Crippen molar-refractivity contribution in [1.29, 1.82) is 0 Å². The molecular weight excluding hydrogens is 398 g/mol. The number of nitrogens with one attached hydrogen (secondary N) is 1. The summed E-state index contributed by atoms with van der Waals surface area (Å²) in [5.74, 6) is 1.28. The number of anilines is 1. The fourth-order valence-corrected chi connectivity index (χ4v) is 3.51. The number of hydrogen-bond donors (Lipinski definition) is 1. The number of carbonyl (C=O) groups is 1. The standard InChI is InChI=1S/C28H33NO3/c1-4-5-9-20-31-25-18-14-24(15-19-25)29-27(30)21-32-26-16-12-23(13-17-26)28(2,3)22-10-7-6-8-11-22/h6-8,10-19H,4-5,9,20-21H2,1-3H3,(H,29,30). The zero-order chi connectivity index (χ0) is 22.8. The van der Waals surface area contributed by atoms with Crippen LogP contribution in [0.1, 0.15) is 51.2 Å². The van der Waals surface area contributed by atoms with Gasteiger partial charge in [-0.25, -0.2) is 0 Å². The molecule has 0 heterocycles. The molecule has 0 aliphatic rings. The second kappa shape index (κ2) is 11.4. The number of carbonyl (C=O) groups excluding carboxylic acids is 1. The maximum absolute atomic E-state index is 12.3. The maximum atomic E-state index is 12.3. The summed E-state index contributed by atoms with van der Waals surface area (Å²) in [7, 11) is 0. The van der Waals surface area contributed by atoms with Crippen LogP contribution in [0.25, 0.3) is 0 Å². The molecule has 0 unspecified atom stereocenters. The molecule has 0 aliphatic heterocycles. The van der Waals surface area contributed by atoms with Crippen LogP contribution in [-0.2, 0) is 10.2 Å². The number of unbranched alkanes of at least 4 members (excludes halogenated alkanes) is 2. The molecule has 0 fully saturated rings. The lowest BCUT2D eigenvalue weighted by Gasteiger charge is -2.26. The van der Waals surface area contributed by atoms with E-state index in [4.69, 9.17) is 9.47 Å². The maximum Gasteiger partial charge on any atom is 0.262 e. The van der Waals surface area contributed by atoms with Gasteiger partial charge < -0.3 is 14.8 Å². The highest BCUT2D eigenvalue weighted by Gasteiger charge is 2.22. The van der Waals surface area contributed by atoms with Crippen molar-refractivity contribution in [3.05, 3.63) is 90.0 Å². The minimum atomic E-state index is -0.199. The van der Waals surface area contributed by atoms with Crippen LogP contribution in [0.2, 0.25) is 0 Å². The Bertz CT molecular complexity index is 964. The number of ether oxygens (including phenoxy) is 2. The van der Waals surface area contributed by atoms with Crippen LogP contribution in [-0.4, -0.2) is 19.1 Å². The Morgan fingerprint density at radius 3 is 2.03 bits per heavy atom. The Morgan fingerprint density at radius 2 is 1.38 bits per heavy atom. The molecule has 0 aliphatic carbocycles. The Hall–Kier alpha value is -3.27. The molecule has 3 rings (SSSR count). The molecule has 3 aromatic carbocycles. The molecule has 0 atom stereocenters. The van der Waals surface area contributed by atoms with Gasteiger partial charge in [0.05, 0.1) is 6.61 Å². The first kappa shape index (κ1) is 23.4. The highest BCUT2D eigenvalue weighted by molar-refractivity contribution is 5.91. The summed E-state index contributed by atoms with van der Waals surface area (Å²) in [6.45, 7) is 7.24. The van der Waals surface area contributed by atoms with Gasteiger partial charge >= 0.3 is 0 Å². The van der Waals surface area contributed by atoms with Gasteiger partial charge in [-0.2, -0.15) is 0 Å². The lowest BCUT2D eigenvalue weighted by Crippen LogP contribution is -2.20. The van der Waals surface area contributed by atoms with Crippen molar-refractivity contribution < 1.29 is 14.3 Å². The summed E-state index contributed by atoms with van der Waals surface area (Å²) in [6.07, 6.45) is 3.39. The quantitative estimate of drug-likeness (QED) is 0.348. The normalized spacial score (nSPS) is 11.1. The fraction of sp³-hybridized carbons (Fsp3) is 0.321. The van der Waals surface area contributed by atoms with Crippen LogP contribution in [0.5, 0.6) is 11.5 Å². The molecule has 1 amide bonds. The molecule has 0 aromatic heterocycles. The molecular formula is C28H33NO3. The van der Waals surface area contributed by atoms with E-state index in [0.717, 1.165) is 17.9 Å². The van der Waals surface area contributed by atoms with Crippen LogP contribution in [0.4, 0.5) is 5.69 Å². The number of hydrogen-bond acceptors (Lipinski definition) is 3. The van der Waals surface area contributed by atoms with E-state index in [1.807, 2.05) is 42.5 Å². The molecule has 0 spiro atoms. The summed E-state index contributed by atoms with van der Waals surface area (Å²) in [6, 6.07) is 25.8. The Kier molecular flexibility index (Phi) is 8.32. The van der Waals surface area contributed by atoms with Crippen LogP contribution in [0.3, 0.4) is 0 Å². The molecule has 168 valence electrons. The third kappa shape index (κ3) is 6.61. The van der Waals surface area contributed by atoms with E-state index < -0.39 is 0 Å². The molecule has 32 heavy (non-hydrogen) atoms. The van der Waals surface area contributed by atoms with Crippen LogP contribution < -0.4 is 14.8 Å². The molecule has 0 saturated carbocycles. The average Bonchev–Trinajstić information content (AvgIpc) is 2.82. The van der Waals surface area contributed by atoms with Gasteiger partial charge in [0.1, 0.15) is 11.5 Å². The van der Waals surface area contributed by atoms with Gasteiger partial charge in [0.15, 0.2) is 6.61 Å². The van der Waals surface area contributed by atoms with Gasteiger partial charge in [-0.3, -0.25) is 4.79 Å². The van der Waals surface area contributed by atoms with E-state index in [0.29, 0.717) is 12.4 Å². The lowest BCUT2D eigenvalue weighted by molar-refractivity contribution is -0.118. The fourth-order valence-electron chi connectivity index (χ4n) is 3.51.